The lowest BCUT2D eigenvalue weighted by Crippen LogP contribution is -2.39. The molecular weight excluding hydrogens is 306 g/mol. The maximum atomic E-state index is 12.0. The van der Waals surface area contributed by atoms with Crippen molar-refractivity contribution in [1.29, 1.82) is 0 Å². The molecule has 0 aromatic carbocycles. The number of carbonyl (C=O) groups is 1. The van der Waals surface area contributed by atoms with Crippen molar-refractivity contribution in [2.24, 2.45) is 0 Å². The van der Waals surface area contributed by atoms with Gasteiger partial charge in [-0.15, -0.1) is 11.3 Å². The maximum Gasteiger partial charge on any atom is 0.230 e. The summed E-state index contributed by atoms with van der Waals surface area (Å²) < 4.78 is 0. The fourth-order valence-electron chi connectivity index (χ4n) is 3.15. The standard InChI is InChI=1S/C18H23N3OS/c1-2-14-6-3-4-10-21(14)15-8-9-17(19-13-15)20-18(22)12-16-7-5-11-23-16/h5,7-9,11,13-14H,2-4,6,10,12H2,1H3,(H,19,20,22). The van der Waals surface area contributed by atoms with Crippen molar-refractivity contribution in [2.75, 3.05) is 16.8 Å². The largest absolute Gasteiger partial charge is 0.367 e. The Kier molecular flexibility index (Phi) is 5.28. The number of nitrogens with zero attached hydrogens (tertiary/aromatic N) is 2. The van der Waals surface area contributed by atoms with E-state index in [1.807, 2.05) is 29.8 Å². The van der Waals surface area contributed by atoms with Gasteiger partial charge < -0.3 is 10.2 Å². The Bertz CT molecular complexity index is 624. The van der Waals surface area contributed by atoms with Gasteiger partial charge in [0.1, 0.15) is 5.82 Å². The first-order valence-corrected chi connectivity index (χ1v) is 9.19. The van der Waals surface area contributed by atoms with E-state index in [4.69, 9.17) is 0 Å². The van der Waals surface area contributed by atoms with Crippen LogP contribution in [0.3, 0.4) is 0 Å². The SMILES string of the molecule is CCC1CCCCN1c1ccc(NC(=O)Cc2cccs2)nc1. The van der Waals surface area contributed by atoms with E-state index >= 15 is 0 Å². The Morgan fingerprint density at radius 2 is 2.30 bits per heavy atom. The maximum absolute atomic E-state index is 12.0. The minimum absolute atomic E-state index is 0.0166. The third-order valence-electron chi connectivity index (χ3n) is 4.36. The van der Waals surface area contributed by atoms with Gasteiger partial charge in [0.15, 0.2) is 0 Å². The molecule has 1 amide bonds. The number of amides is 1. The van der Waals surface area contributed by atoms with Gasteiger partial charge in [-0.1, -0.05) is 13.0 Å². The third-order valence-corrected chi connectivity index (χ3v) is 5.24. The third kappa shape index (κ3) is 4.10. The van der Waals surface area contributed by atoms with Crippen molar-refractivity contribution in [3.63, 3.8) is 0 Å². The van der Waals surface area contributed by atoms with Crippen LogP contribution in [0, 0.1) is 0 Å². The quantitative estimate of drug-likeness (QED) is 0.898. The Morgan fingerprint density at radius 3 is 3.00 bits per heavy atom. The number of thiophene rings is 1. The highest BCUT2D eigenvalue weighted by atomic mass is 32.1. The number of carbonyl (C=O) groups excluding carboxylic acids is 1. The van der Waals surface area contributed by atoms with Crippen LogP contribution in [0.4, 0.5) is 11.5 Å². The molecule has 0 radical (unpaired) electrons. The molecule has 0 bridgehead atoms. The second-order valence-electron chi connectivity index (χ2n) is 5.96. The number of hydrogen-bond donors (Lipinski definition) is 1. The van der Waals surface area contributed by atoms with Crippen molar-refractivity contribution >= 4 is 28.7 Å². The summed E-state index contributed by atoms with van der Waals surface area (Å²) in [7, 11) is 0. The van der Waals surface area contributed by atoms with E-state index in [0.29, 0.717) is 18.3 Å². The molecule has 122 valence electrons. The van der Waals surface area contributed by atoms with Crippen LogP contribution in [0.25, 0.3) is 0 Å². The van der Waals surface area contributed by atoms with E-state index in [1.54, 1.807) is 11.3 Å². The number of aromatic nitrogens is 1. The topological polar surface area (TPSA) is 45.2 Å². The molecule has 1 aliphatic rings. The first-order valence-electron chi connectivity index (χ1n) is 8.31. The molecule has 3 heterocycles. The molecule has 1 atom stereocenters. The van der Waals surface area contributed by atoms with Gasteiger partial charge in [0, 0.05) is 17.5 Å². The summed E-state index contributed by atoms with van der Waals surface area (Å²) in [4.78, 5) is 20.0. The molecule has 3 rings (SSSR count). The van der Waals surface area contributed by atoms with Crippen LogP contribution >= 0.6 is 11.3 Å². The molecule has 0 spiro atoms. The van der Waals surface area contributed by atoms with Gasteiger partial charge in [-0.05, 0) is 49.3 Å². The molecule has 0 saturated carbocycles. The van der Waals surface area contributed by atoms with Gasteiger partial charge in [-0.25, -0.2) is 4.98 Å². The Hall–Kier alpha value is -1.88. The van der Waals surface area contributed by atoms with Gasteiger partial charge in [-0.2, -0.15) is 0 Å². The summed E-state index contributed by atoms with van der Waals surface area (Å²) in [5.41, 5.74) is 1.16. The van der Waals surface area contributed by atoms with Crippen LogP contribution in [-0.4, -0.2) is 23.5 Å². The smallest absolute Gasteiger partial charge is 0.230 e. The van der Waals surface area contributed by atoms with Crippen LogP contribution in [0.2, 0.25) is 0 Å². The van der Waals surface area contributed by atoms with Crippen LogP contribution in [0.1, 0.15) is 37.5 Å². The van der Waals surface area contributed by atoms with Gasteiger partial charge in [0.05, 0.1) is 18.3 Å². The zero-order valence-electron chi connectivity index (χ0n) is 13.5. The van der Waals surface area contributed by atoms with E-state index in [-0.39, 0.29) is 5.91 Å². The predicted octanol–water partition coefficient (Wildman–Crippen LogP) is 4.09. The van der Waals surface area contributed by atoms with Gasteiger partial charge in [-0.3, -0.25) is 4.79 Å². The van der Waals surface area contributed by atoms with E-state index < -0.39 is 0 Å². The Labute approximate surface area is 141 Å². The van der Waals surface area contributed by atoms with Crippen molar-refractivity contribution in [2.45, 2.75) is 45.1 Å². The van der Waals surface area contributed by atoms with Crippen molar-refractivity contribution < 1.29 is 4.79 Å². The molecular formula is C18H23N3OS. The number of hydrogen-bond acceptors (Lipinski definition) is 4. The van der Waals surface area contributed by atoms with Gasteiger partial charge in [0.2, 0.25) is 5.91 Å². The summed E-state index contributed by atoms with van der Waals surface area (Å²) in [6, 6.07) is 8.53. The molecule has 2 aromatic heterocycles. The normalized spacial score (nSPS) is 18.0. The van der Waals surface area contributed by atoms with E-state index in [2.05, 4.69) is 28.2 Å². The lowest BCUT2D eigenvalue weighted by molar-refractivity contribution is -0.115. The summed E-state index contributed by atoms with van der Waals surface area (Å²) in [5, 5.41) is 4.86. The molecule has 1 aliphatic heterocycles. The number of anilines is 2. The van der Waals surface area contributed by atoms with Crippen molar-refractivity contribution in [3.05, 3.63) is 40.7 Å². The highest BCUT2D eigenvalue weighted by Crippen LogP contribution is 2.26. The highest BCUT2D eigenvalue weighted by molar-refractivity contribution is 7.10. The average molecular weight is 329 g/mol. The Balaban J connectivity index is 1.61. The molecule has 2 aromatic rings. The van der Waals surface area contributed by atoms with Crippen molar-refractivity contribution in [1.82, 2.24) is 4.98 Å². The number of pyridine rings is 1. The zero-order chi connectivity index (χ0) is 16.1. The van der Waals surface area contributed by atoms with Crippen LogP contribution in [0.5, 0.6) is 0 Å². The Morgan fingerprint density at radius 1 is 1.39 bits per heavy atom. The first-order chi connectivity index (χ1) is 11.3. The van der Waals surface area contributed by atoms with Gasteiger partial charge in [0.25, 0.3) is 0 Å². The average Bonchev–Trinajstić information content (AvgIpc) is 3.08. The van der Waals surface area contributed by atoms with E-state index in [9.17, 15) is 4.79 Å². The summed E-state index contributed by atoms with van der Waals surface area (Å²) >= 11 is 1.60. The van der Waals surface area contributed by atoms with Gasteiger partial charge >= 0.3 is 0 Å². The number of nitrogens with one attached hydrogen (secondary N) is 1. The number of piperidine rings is 1. The summed E-state index contributed by atoms with van der Waals surface area (Å²) in [6.45, 7) is 3.35. The highest BCUT2D eigenvalue weighted by Gasteiger charge is 2.21. The second kappa shape index (κ2) is 7.59. The number of rotatable bonds is 5. The predicted molar refractivity (Wildman–Crippen MR) is 96.2 cm³/mol. The monoisotopic (exact) mass is 329 g/mol. The fourth-order valence-corrected chi connectivity index (χ4v) is 3.86. The fraction of sp³-hybridized carbons (Fsp3) is 0.444. The molecule has 23 heavy (non-hydrogen) atoms. The first kappa shape index (κ1) is 16.0. The molecule has 4 nitrogen and oxygen atoms in total. The summed E-state index contributed by atoms with van der Waals surface area (Å²) in [5.74, 6) is 0.609. The molecule has 1 unspecified atom stereocenters. The van der Waals surface area contributed by atoms with E-state index in [0.717, 1.165) is 17.1 Å². The minimum Gasteiger partial charge on any atom is -0.367 e. The lowest BCUT2D eigenvalue weighted by atomic mass is 9.99. The second-order valence-corrected chi connectivity index (χ2v) is 6.99. The molecule has 1 fully saturated rings. The van der Waals surface area contributed by atoms with Crippen LogP contribution in [0.15, 0.2) is 35.8 Å². The molecule has 1 saturated heterocycles. The zero-order valence-corrected chi connectivity index (χ0v) is 14.3. The molecule has 0 aliphatic carbocycles. The summed E-state index contributed by atoms with van der Waals surface area (Å²) in [6.07, 6.45) is 7.28. The molecule has 1 N–H and O–H groups in total. The minimum atomic E-state index is -0.0166. The lowest BCUT2D eigenvalue weighted by Gasteiger charge is -2.37. The van der Waals surface area contributed by atoms with Crippen molar-refractivity contribution in [3.8, 4) is 0 Å². The van der Waals surface area contributed by atoms with E-state index in [1.165, 1.54) is 25.7 Å². The van der Waals surface area contributed by atoms with Crippen LogP contribution in [-0.2, 0) is 11.2 Å². The van der Waals surface area contributed by atoms with Crippen LogP contribution < -0.4 is 10.2 Å². The molecule has 5 heteroatoms.